The summed E-state index contributed by atoms with van der Waals surface area (Å²) in [6.45, 7) is 4.15. The molecule has 0 aliphatic rings. The fourth-order valence-corrected chi connectivity index (χ4v) is 2.66. The molecule has 1 heterocycles. The fraction of sp³-hybridized carbons (Fsp3) is 0.308. The molecule has 4 nitrogen and oxygen atoms in total. The Labute approximate surface area is 126 Å². The normalized spacial score (nSPS) is 12.9. The Kier molecular flexibility index (Phi) is 4.62. The minimum atomic E-state index is -0.199. The van der Waals surface area contributed by atoms with Crippen molar-refractivity contribution in [2.24, 2.45) is 5.84 Å². The van der Waals surface area contributed by atoms with Gasteiger partial charge in [-0.3, -0.25) is 10.5 Å². The molecule has 1 aromatic heterocycles. The smallest absolute Gasteiger partial charge is 0.0893 e. The van der Waals surface area contributed by atoms with E-state index in [1.54, 1.807) is 6.20 Å². The molecule has 0 amide bonds. The van der Waals surface area contributed by atoms with E-state index in [2.05, 4.69) is 40.3 Å². The number of hydrogen-bond donors (Lipinski definition) is 2. The van der Waals surface area contributed by atoms with Crippen LogP contribution in [-0.2, 0) is 0 Å². The van der Waals surface area contributed by atoms with Gasteiger partial charge in [0.2, 0.25) is 0 Å². The van der Waals surface area contributed by atoms with Crippen LogP contribution in [0.2, 0.25) is 5.02 Å². The highest BCUT2D eigenvalue weighted by Crippen LogP contribution is 2.31. The zero-order chi connectivity index (χ0) is 14.0. The fourth-order valence-electron chi connectivity index (χ4n) is 2.05. The zero-order valence-electron chi connectivity index (χ0n) is 10.8. The van der Waals surface area contributed by atoms with E-state index in [4.69, 9.17) is 17.4 Å². The topological polar surface area (TPSA) is 55.9 Å². The van der Waals surface area contributed by atoms with Gasteiger partial charge in [0.05, 0.1) is 11.7 Å². The minimum absolute atomic E-state index is 0.199. The summed E-state index contributed by atoms with van der Waals surface area (Å²) in [6, 6.07) is 7.72. The number of nitrogens with zero attached hydrogens (tertiary/aromatic N) is 2. The Morgan fingerprint density at radius 2 is 2.11 bits per heavy atom. The standard InChI is InChI=1S/C13H16BrClN4/c1-8(2)19-12(5-6-17-19)13(18-16)10-7-9(14)3-4-11(10)15/h3-8,13,18H,16H2,1-2H3. The van der Waals surface area contributed by atoms with Crippen LogP contribution in [0.3, 0.4) is 0 Å². The predicted molar refractivity (Wildman–Crippen MR) is 80.9 cm³/mol. The molecule has 0 aliphatic carbocycles. The van der Waals surface area contributed by atoms with E-state index in [9.17, 15) is 0 Å². The third-order valence-corrected chi connectivity index (χ3v) is 3.76. The lowest BCUT2D eigenvalue weighted by Crippen LogP contribution is -2.31. The number of rotatable bonds is 4. The molecule has 0 saturated heterocycles. The van der Waals surface area contributed by atoms with Gasteiger partial charge in [-0.05, 0) is 43.7 Å². The molecule has 2 rings (SSSR count). The quantitative estimate of drug-likeness (QED) is 0.660. The van der Waals surface area contributed by atoms with Crippen LogP contribution in [-0.4, -0.2) is 9.78 Å². The number of nitrogens with two attached hydrogens (primary N) is 1. The molecular formula is C13H16BrClN4. The van der Waals surface area contributed by atoms with Crippen LogP contribution < -0.4 is 11.3 Å². The molecule has 1 unspecified atom stereocenters. The van der Waals surface area contributed by atoms with Crippen molar-refractivity contribution in [2.75, 3.05) is 0 Å². The van der Waals surface area contributed by atoms with Crippen molar-refractivity contribution in [3.63, 3.8) is 0 Å². The molecule has 0 spiro atoms. The summed E-state index contributed by atoms with van der Waals surface area (Å²) in [5.74, 6) is 5.72. The number of halogens is 2. The van der Waals surface area contributed by atoms with Crippen LogP contribution in [0, 0.1) is 0 Å². The third-order valence-electron chi connectivity index (χ3n) is 2.92. The highest BCUT2D eigenvalue weighted by atomic mass is 79.9. The van der Waals surface area contributed by atoms with Gasteiger partial charge in [0.25, 0.3) is 0 Å². The molecule has 1 aromatic carbocycles. The second-order valence-electron chi connectivity index (χ2n) is 4.56. The lowest BCUT2D eigenvalue weighted by Gasteiger charge is -2.21. The van der Waals surface area contributed by atoms with Crippen molar-refractivity contribution in [3.05, 3.63) is 51.2 Å². The Morgan fingerprint density at radius 3 is 2.74 bits per heavy atom. The van der Waals surface area contributed by atoms with Gasteiger partial charge in [-0.25, -0.2) is 5.43 Å². The third kappa shape index (κ3) is 3.00. The van der Waals surface area contributed by atoms with Crippen molar-refractivity contribution in [1.29, 1.82) is 0 Å². The van der Waals surface area contributed by atoms with E-state index in [0.29, 0.717) is 5.02 Å². The molecule has 0 aliphatic heterocycles. The van der Waals surface area contributed by atoms with Gasteiger partial charge >= 0.3 is 0 Å². The molecule has 0 radical (unpaired) electrons. The summed E-state index contributed by atoms with van der Waals surface area (Å²) in [7, 11) is 0. The van der Waals surface area contributed by atoms with Gasteiger partial charge in [0.15, 0.2) is 0 Å². The molecule has 6 heteroatoms. The summed E-state index contributed by atoms with van der Waals surface area (Å²) in [5, 5.41) is 5.00. The molecule has 19 heavy (non-hydrogen) atoms. The Morgan fingerprint density at radius 1 is 1.37 bits per heavy atom. The SMILES string of the molecule is CC(C)n1nccc1C(NN)c1cc(Br)ccc1Cl. The lowest BCUT2D eigenvalue weighted by molar-refractivity contribution is 0.476. The van der Waals surface area contributed by atoms with Crippen LogP contribution in [0.1, 0.15) is 37.2 Å². The summed E-state index contributed by atoms with van der Waals surface area (Å²) in [5.41, 5.74) is 4.72. The molecular weight excluding hydrogens is 328 g/mol. The van der Waals surface area contributed by atoms with E-state index in [1.807, 2.05) is 28.9 Å². The second kappa shape index (κ2) is 6.05. The molecule has 1 atom stereocenters. The first-order valence-corrected chi connectivity index (χ1v) is 7.16. The average molecular weight is 344 g/mol. The van der Waals surface area contributed by atoms with Crippen LogP contribution in [0.15, 0.2) is 34.9 Å². The number of hydrazine groups is 1. The van der Waals surface area contributed by atoms with E-state index in [-0.39, 0.29) is 12.1 Å². The first kappa shape index (κ1) is 14.5. The van der Waals surface area contributed by atoms with Gasteiger partial charge in [-0.1, -0.05) is 27.5 Å². The van der Waals surface area contributed by atoms with Gasteiger partial charge in [-0.2, -0.15) is 5.10 Å². The maximum atomic E-state index is 6.27. The van der Waals surface area contributed by atoms with E-state index < -0.39 is 0 Å². The number of benzene rings is 1. The number of hydrogen-bond acceptors (Lipinski definition) is 3. The van der Waals surface area contributed by atoms with Crippen LogP contribution in [0.25, 0.3) is 0 Å². The van der Waals surface area contributed by atoms with E-state index >= 15 is 0 Å². The van der Waals surface area contributed by atoms with Gasteiger partial charge in [0, 0.05) is 21.7 Å². The van der Waals surface area contributed by atoms with Crippen LogP contribution in [0.5, 0.6) is 0 Å². The zero-order valence-corrected chi connectivity index (χ0v) is 13.1. The Bertz CT molecular complexity index is 568. The highest BCUT2D eigenvalue weighted by molar-refractivity contribution is 9.10. The van der Waals surface area contributed by atoms with E-state index in [1.165, 1.54) is 0 Å². The summed E-state index contributed by atoms with van der Waals surface area (Å²) < 4.78 is 2.89. The summed E-state index contributed by atoms with van der Waals surface area (Å²) in [6.07, 6.45) is 1.77. The molecule has 0 fully saturated rings. The second-order valence-corrected chi connectivity index (χ2v) is 5.88. The van der Waals surface area contributed by atoms with Crippen molar-refractivity contribution in [2.45, 2.75) is 25.9 Å². The first-order chi connectivity index (χ1) is 9.04. The maximum Gasteiger partial charge on any atom is 0.0893 e. The minimum Gasteiger partial charge on any atom is -0.271 e. The van der Waals surface area contributed by atoms with Crippen molar-refractivity contribution in [1.82, 2.24) is 15.2 Å². The van der Waals surface area contributed by atoms with Crippen molar-refractivity contribution in [3.8, 4) is 0 Å². The van der Waals surface area contributed by atoms with Crippen LogP contribution >= 0.6 is 27.5 Å². The average Bonchev–Trinajstić information content (AvgIpc) is 2.84. The maximum absolute atomic E-state index is 6.27. The molecule has 3 N–H and O–H groups in total. The first-order valence-electron chi connectivity index (χ1n) is 5.99. The lowest BCUT2D eigenvalue weighted by atomic mass is 10.0. The summed E-state index contributed by atoms with van der Waals surface area (Å²) >= 11 is 9.73. The molecule has 2 aromatic rings. The monoisotopic (exact) mass is 342 g/mol. The van der Waals surface area contributed by atoms with Crippen molar-refractivity contribution >= 4 is 27.5 Å². The van der Waals surface area contributed by atoms with Gasteiger partial charge in [-0.15, -0.1) is 0 Å². The Balaban J connectivity index is 2.50. The molecule has 0 bridgehead atoms. The highest BCUT2D eigenvalue weighted by Gasteiger charge is 2.20. The van der Waals surface area contributed by atoms with Gasteiger partial charge in [0.1, 0.15) is 0 Å². The largest absolute Gasteiger partial charge is 0.271 e. The Hall–Kier alpha value is -0.880. The predicted octanol–water partition coefficient (Wildman–Crippen LogP) is 3.43. The molecule has 102 valence electrons. The number of aromatic nitrogens is 2. The number of nitrogens with one attached hydrogen (secondary N) is 1. The molecule has 0 saturated carbocycles. The van der Waals surface area contributed by atoms with Crippen molar-refractivity contribution < 1.29 is 0 Å². The summed E-state index contributed by atoms with van der Waals surface area (Å²) in [4.78, 5) is 0. The van der Waals surface area contributed by atoms with Crippen LogP contribution in [0.4, 0.5) is 0 Å². The van der Waals surface area contributed by atoms with Gasteiger partial charge < -0.3 is 0 Å². The van der Waals surface area contributed by atoms with E-state index in [0.717, 1.165) is 15.7 Å².